The second-order valence-corrected chi connectivity index (χ2v) is 5.47. The third kappa shape index (κ3) is 3.92. The van der Waals surface area contributed by atoms with Crippen LogP contribution >= 0.6 is 0 Å². The fourth-order valence-electron chi connectivity index (χ4n) is 1.97. The van der Waals surface area contributed by atoms with Gasteiger partial charge in [0.25, 0.3) is 0 Å². The molecule has 2 rings (SSSR count). The van der Waals surface area contributed by atoms with Crippen LogP contribution in [0.3, 0.4) is 0 Å². The molecule has 0 aromatic carbocycles. The van der Waals surface area contributed by atoms with Crippen molar-refractivity contribution in [3.8, 4) is 0 Å². The first-order valence-electron chi connectivity index (χ1n) is 7.46. The molecule has 0 radical (unpaired) electrons. The number of carboxylic acid groups (broad SMARTS) is 2. The zero-order valence-corrected chi connectivity index (χ0v) is 14.7. The van der Waals surface area contributed by atoms with Gasteiger partial charge in [-0.05, 0) is 27.7 Å². The molecule has 0 bridgehead atoms. The zero-order valence-electron chi connectivity index (χ0n) is 14.7. The summed E-state index contributed by atoms with van der Waals surface area (Å²) in [5.41, 5.74) is -1.68. The first kappa shape index (κ1) is 19.6. The number of hydrogen-bond acceptors (Lipinski definition) is 9. The third-order valence-electron chi connectivity index (χ3n) is 3.59. The third-order valence-corrected chi connectivity index (χ3v) is 3.59. The summed E-state index contributed by atoms with van der Waals surface area (Å²) in [4.78, 5) is 62.2. The van der Waals surface area contributed by atoms with Crippen LogP contribution < -0.4 is 0 Å². The van der Waals surface area contributed by atoms with Crippen LogP contribution in [0.2, 0.25) is 0 Å². The number of aromatic carboxylic acids is 2. The molecule has 2 N–H and O–H groups in total. The van der Waals surface area contributed by atoms with Crippen LogP contribution in [-0.2, 0) is 4.74 Å². The van der Waals surface area contributed by atoms with Crippen molar-refractivity contribution in [2.75, 3.05) is 0 Å². The van der Waals surface area contributed by atoms with Gasteiger partial charge in [-0.2, -0.15) is 0 Å². The number of carbonyl (C=O) groups excluding carboxylic acids is 2. The average molecular weight is 374 g/mol. The fourth-order valence-corrected chi connectivity index (χ4v) is 1.97. The molecule has 2 aromatic heterocycles. The SMILES string of the molecule is Cc1nc(C(=O)O)c(C(=O)OC(=O)c2nc(C)c(C)nc2C(=O)O)nc1C. The molecule has 27 heavy (non-hydrogen) atoms. The average Bonchev–Trinajstić information content (AvgIpc) is 2.58. The Bertz CT molecular complexity index is 921. The summed E-state index contributed by atoms with van der Waals surface area (Å²) >= 11 is 0. The van der Waals surface area contributed by atoms with E-state index in [1.165, 1.54) is 27.7 Å². The second kappa shape index (κ2) is 7.23. The van der Waals surface area contributed by atoms with E-state index in [0.29, 0.717) is 0 Å². The molecule has 0 unspecified atom stereocenters. The van der Waals surface area contributed by atoms with Crippen LogP contribution in [0.1, 0.15) is 64.7 Å². The van der Waals surface area contributed by atoms with Crippen LogP contribution in [-0.4, -0.2) is 54.0 Å². The van der Waals surface area contributed by atoms with Gasteiger partial charge < -0.3 is 14.9 Å². The van der Waals surface area contributed by atoms with Crippen molar-refractivity contribution in [3.63, 3.8) is 0 Å². The van der Waals surface area contributed by atoms with Gasteiger partial charge in [0.05, 0.1) is 22.8 Å². The van der Waals surface area contributed by atoms with Crippen molar-refractivity contribution in [2.45, 2.75) is 27.7 Å². The van der Waals surface area contributed by atoms with Crippen molar-refractivity contribution in [2.24, 2.45) is 0 Å². The first-order chi connectivity index (χ1) is 12.5. The number of carboxylic acids is 2. The van der Waals surface area contributed by atoms with Gasteiger partial charge in [-0.3, -0.25) is 0 Å². The molecule has 0 spiro atoms. The number of esters is 2. The summed E-state index contributed by atoms with van der Waals surface area (Å²) in [5, 5.41) is 18.3. The molecule has 2 heterocycles. The summed E-state index contributed by atoms with van der Waals surface area (Å²) < 4.78 is 4.58. The molecule has 0 aliphatic heterocycles. The van der Waals surface area contributed by atoms with Crippen LogP contribution in [0.4, 0.5) is 0 Å². The van der Waals surface area contributed by atoms with E-state index >= 15 is 0 Å². The Morgan fingerprint density at radius 3 is 1.11 bits per heavy atom. The predicted molar refractivity (Wildman–Crippen MR) is 86.7 cm³/mol. The molecule has 0 aliphatic rings. The van der Waals surface area contributed by atoms with E-state index in [9.17, 15) is 19.2 Å². The number of hydrogen-bond donors (Lipinski definition) is 2. The Labute approximate surface area is 152 Å². The molecular weight excluding hydrogens is 360 g/mol. The van der Waals surface area contributed by atoms with Crippen LogP contribution in [0.15, 0.2) is 0 Å². The normalized spacial score (nSPS) is 10.4. The maximum Gasteiger partial charge on any atom is 0.367 e. The molecule has 0 fully saturated rings. The monoisotopic (exact) mass is 374 g/mol. The Kier molecular flexibility index (Phi) is 5.24. The molecule has 11 heteroatoms. The quantitative estimate of drug-likeness (QED) is 0.575. The first-order valence-corrected chi connectivity index (χ1v) is 7.46. The smallest absolute Gasteiger partial charge is 0.367 e. The van der Waals surface area contributed by atoms with Gasteiger partial charge in [0.2, 0.25) is 0 Å². The molecule has 0 aliphatic carbocycles. The van der Waals surface area contributed by atoms with Crippen LogP contribution in [0.25, 0.3) is 0 Å². The van der Waals surface area contributed by atoms with E-state index in [1.54, 1.807) is 0 Å². The van der Waals surface area contributed by atoms with Crippen molar-refractivity contribution in [3.05, 3.63) is 45.6 Å². The van der Waals surface area contributed by atoms with Gasteiger partial charge in [-0.25, -0.2) is 39.1 Å². The van der Waals surface area contributed by atoms with E-state index in [1.807, 2.05) is 0 Å². The summed E-state index contributed by atoms with van der Waals surface area (Å²) in [6.07, 6.45) is 0. The maximum absolute atomic E-state index is 12.2. The van der Waals surface area contributed by atoms with Gasteiger partial charge >= 0.3 is 23.9 Å². The maximum atomic E-state index is 12.2. The lowest BCUT2D eigenvalue weighted by atomic mass is 10.2. The standard InChI is InChI=1S/C16H14N4O7/c1-5-7(3)19-11(9(17-5)13(21)22)15(25)27-16(26)12-10(14(23)24)18-6(2)8(4)20-12/h1-4H3,(H,21,22)(H,23,24). The highest BCUT2D eigenvalue weighted by Gasteiger charge is 2.29. The molecule has 0 amide bonds. The summed E-state index contributed by atoms with van der Waals surface area (Å²) in [5.74, 6) is -5.88. The summed E-state index contributed by atoms with van der Waals surface area (Å²) in [6.45, 7) is 5.98. The van der Waals surface area contributed by atoms with Crippen LogP contribution in [0.5, 0.6) is 0 Å². The zero-order chi connectivity index (χ0) is 20.5. The Morgan fingerprint density at radius 1 is 0.593 bits per heavy atom. The lowest BCUT2D eigenvalue weighted by molar-refractivity contribution is 0.0376. The predicted octanol–water partition coefficient (Wildman–Crippen LogP) is 0.894. The minimum atomic E-state index is -1.54. The van der Waals surface area contributed by atoms with Gasteiger partial charge in [0, 0.05) is 0 Å². The largest absolute Gasteiger partial charge is 0.476 e. The van der Waals surface area contributed by atoms with Gasteiger partial charge in [0.15, 0.2) is 22.8 Å². The highest BCUT2D eigenvalue weighted by molar-refractivity contribution is 6.08. The Balaban J connectivity index is 2.44. The second-order valence-electron chi connectivity index (χ2n) is 5.47. The van der Waals surface area contributed by atoms with Gasteiger partial charge in [-0.1, -0.05) is 0 Å². The summed E-state index contributed by atoms with van der Waals surface area (Å²) in [6, 6.07) is 0. The molecular formula is C16H14N4O7. The number of rotatable bonds is 4. The number of carbonyl (C=O) groups is 4. The highest BCUT2D eigenvalue weighted by atomic mass is 16.6. The van der Waals surface area contributed by atoms with E-state index in [0.717, 1.165) is 0 Å². The lowest BCUT2D eigenvalue weighted by Crippen LogP contribution is -2.23. The van der Waals surface area contributed by atoms with Gasteiger partial charge in [0.1, 0.15) is 0 Å². The minimum Gasteiger partial charge on any atom is -0.476 e. The number of aromatic nitrogens is 4. The lowest BCUT2D eigenvalue weighted by Gasteiger charge is -2.09. The van der Waals surface area contributed by atoms with Crippen molar-refractivity contribution >= 4 is 23.9 Å². The molecule has 0 saturated heterocycles. The minimum absolute atomic E-state index is 0.261. The van der Waals surface area contributed by atoms with E-state index < -0.39 is 46.7 Å². The van der Waals surface area contributed by atoms with E-state index in [-0.39, 0.29) is 22.8 Å². The number of aryl methyl sites for hydroxylation is 4. The van der Waals surface area contributed by atoms with Crippen molar-refractivity contribution < 1.29 is 34.1 Å². The van der Waals surface area contributed by atoms with E-state index in [2.05, 4.69) is 24.7 Å². The Hall–Kier alpha value is -3.76. The summed E-state index contributed by atoms with van der Waals surface area (Å²) in [7, 11) is 0. The van der Waals surface area contributed by atoms with Crippen molar-refractivity contribution in [1.82, 2.24) is 19.9 Å². The fraction of sp³-hybridized carbons (Fsp3) is 0.250. The number of ether oxygens (including phenoxy) is 1. The highest BCUT2D eigenvalue weighted by Crippen LogP contribution is 2.14. The van der Waals surface area contributed by atoms with Crippen LogP contribution in [0, 0.1) is 27.7 Å². The van der Waals surface area contributed by atoms with Gasteiger partial charge in [-0.15, -0.1) is 0 Å². The Morgan fingerprint density at radius 2 is 0.852 bits per heavy atom. The molecule has 140 valence electrons. The van der Waals surface area contributed by atoms with E-state index in [4.69, 9.17) is 10.2 Å². The number of nitrogens with zero attached hydrogens (tertiary/aromatic N) is 4. The molecule has 11 nitrogen and oxygen atoms in total. The molecule has 0 saturated carbocycles. The molecule has 0 atom stereocenters. The topological polar surface area (TPSA) is 170 Å². The van der Waals surface area contributed by atoms with Crippen molar-refractivity contribution in [1.29, 1.82) is 0 Å². The molecule has 2 aromatic rings.